The lowest BCUT2D eigenvalue weighted by Crippen LogP contribution is -2.61. The lowest BCUT2D eigenvalue weighted by atomic mass is 9.91. The van der Waals surface area contributed by atoms with Crippen LogP contribution in [0.1, 0.15) is 40.2 Å². The smallest absolute Gasteiger partial charge is 0.430 e. The van der Waals surface area contributed by atoms with Crippen LogP contribution in [0, 0.1) is 0 Å². The predicted molar refractivity (Wildman–Crippen MR) is 89.6 cm³/mol. The van der Waals surface area contributed by atoms with E-state index in [1.807, 2.05) is 0 Å². The van der Waals surface area contributed by atoms with Crippen molar-refractivity contribution < 1.29 is 29.0 Å². The molecule has 1 rings (SSSR count). The number of benzene rings is 1. The molecule has 0 heterocycles. The number of carboxylic acids is 1. The largest absolute Gasteiger partial charge is 0.479 e. The number of ether oxygens (including phenoxy) is 2. The van der Waals surface area contributed by atoms with Crippen molar-refractivity contribution in [2.75, 3.05) is 0 Å². The summed E-state index contributed by atoms with van der Waals surface area (Å²) < 4.78 is 10.0. The molecule has 1 aromatic carbocycles. The van der Waals surface area contributed by atoms with Gasteiger partial charge in [0.2, 0.25) is 0 Å². The van der Waals surface area contributed by atoms with Crippen molar-refractivity contribution in [1.29, 1.82) is 0 Å². The van der Waals surface area contributed by atoms with E-state index in [9.17, 15) is 19.5 Å². The molecule has 1 aromatic rings. The first-order valence-corrected chi connectivity index (χ1v) is 7.86. The molecule has 0 saturated heterocycles. The molecule has 0 saturated carbocycles. The van der Waals surface area contributed by atoms with E-state index in [-0.39, 0.29) is 5.56 Å². The number of nitrogens with one attached hydrogen (secondary N) is 1. The van der Waals surface area contributed by atoms with E-state index in [1.165, 1.54) is 6.92 Å². The molecule has 0 aliphatic heterocycles. The fourth-order valence-electron chi connectivity index (χ4n) is 2.04. The van der Waals surface area contributed by atoms with Crippen LogP contribution in [0.2, 0.25) is 0 Å². The minimum absolute atomic E-state index is 0.285. The van der Waals surface area contributed by atoms with E-state index in [2.05, 4.69) is 5.43 Å². The van der Waals surface area contributed by atoms with Gasteiger partial charge in [-0.2, -0.15) is 5.01 Å². The summed E-state index contributed by atoms with van der Waals surface area (Å²) in [5, 5.41) is 10.4. The van der Waals surface area contributed by atoms with Gasteiger partial charge in [0.1, 0.15) is 0 Å². The molecule has 138 valence electrons. The second-order valence-corrected chi connectivity index (χ2v) is 6.08. The summed E-state index contributed by atoms with van der Waals surface area (Å²) in [7, 11) is 0. The highest BCUT2D eigenvalue weighted by atomic mass is 16.6. The zero-order chi connectivity index (χ0) is 19.2. The molecule has 0 aliphatic carbocycles. The van der Waals surface area contributed by atoms with Crippen LogP contribution in [-0.2, 0) is 19.8 Å². The molecule has 8 heteroatoms. The van der Waals surface area contributed by atoms with E-state index in [0.717, 1.165) is 0 Å². The minimum atomic E-state index is -1.90. The lowest BCUT2D eigenvalue weighted by molar-refractivity contribution is -0.152. The molecule has 0 aromatic heterocycles. The Balaban J connectivity index is 3.32. The molecule has 0 fully saturated rings. The number of hydrazine groups is 1. The highest BCUT2D eigenvalue weighted by molar-refractivity contribution is 5.86. The molecule has 25 heavy (non-hydrogen) atoms. The zero-order valence-corrected chi connectivity index (χ0v) is 15.0. The number of carbonyl (C=O) groups is 3. The maximum Gasteiger partial charge on any atom is 0.430 e. The minimum Gasteiger partial charge on any atom is -0.479 e. The molecule has 2 amide bonds. The van der Waals surface area contributed by atoms with Crippen molar-refractivity contribution in [3.8, 4) is 0 Å². The Labute approximate surface area is 146 Å². The highest BCUT2D eigenvalue weighted by Gasteiger charge is 2.47. The van der Waals surface area contributed by atoms with Crippen LogP contribution in [0.4, 0.5) is 9.59 Å². The second-order valence-electron chi connectivity index (χ2n) is 6.08. The van der Waals surface area contributed by atoms with E-state index >= 15 is 0 Å². The Morgan fingerprint density at radius 1 is 1.04 bits per heavy atom. The summed E-state index contributed by atoms with van der Waals surface area (Å²) in [6.45, 7) is 7.78. The van der Waals surface area contributed by atoms with Crippen LogP contribution in [-0.4, -0.2) is 40.5 Å². The summed E-state index contributed by atoms with van der Waals surface area (Å²) in [6, 6.07) is 8.06. The highest BCUT2D eigenvalue weighted by Crippen LogP contribution is 2.28. The SMILES string of the molecule is CC(C)OC(=O)NN(C(=O)OC(C)C)C(C)(C(=O)O)c1ccccc1. The van der Waals surface area contributed by atoms with E-state index in [1.54, 1.807) is 58.0 Å². The fourth-order valence-corrected chi connectivity index (χ4v) is 2.04. The van der Waals surface area contributed by atoms with Gasteiger partial charge in [-0.3, -0.25) is 0 Å². The molecule has 0 radical (unpaired) electrons. The Hall–Kier alpha value is -2.77. The topological polar surface area (TPSA) is 105 Å². The van der Waals surface area contributed by atoms with Crippen LogP contribution in [0.3, 0.4) is 0 Å². The van der Waals surface area contributed by atoms with Crippen molar-refractivity contribution in [2.24, 2.45) is 0 Å². The Bertz CT molecular complexity index is 617. The monoisotopic (exact) mass is 352 g/mol. The number of nitrogens with zero attached hydrogens (tertiary/aromatic N) is 1. The molecule has 1 unspecified atom stereocenters. The van der Waals surface area contributed by atoms with Gasteiger partial charge in [-0.15, -0.1) is 0 Å². The van der Waals surface area contributed by atoms with Gasteiger partial charge in [-0.25, -0.2) is 19.8 Å². The first kappa shape index (κ1) is 20.3. The quantitative estimate of drug-likeness (QED) is 0.790. The third-order valence-corrected chi connectivity index (χ3v) is 3.26. The van der Waals surface area contributed by atoms with Crippen molar-refractivity contribution in [1.82, 2.24) is 10.4 Å². The van der Waals surface area contributed by atoms with Crippen molar-refractivity contribution >= 4 is 18.2 Å². The average molecular weight is 352 g/mol. The van der Waals surface area contributed by atoms with Gasteiger partial charge in [0.25, 0.3) is 0 Å². The maximum absolute atomic E-state index is 12.5. The van der Waals surface area contributed by atoms with Crippen LogP contribution in [0.25, 0.3) is 0 Å². The number of hydrogen-bond acceptors (Lipinski definition) is 5. The molecule has 1 atom stereocenters. The first-order chi connectivity index (χ1) is 11.6. The Kier molecular flexibility index (Phi) is 6.78. The first-order valence-electron chi connectivity index (χ1n) is 7.86. The van der Waals surface area contributed by atoms with E-state index in [0.29, 0.717) is 5.01 Å². The average Bonchev–Trinajstić information content (AvgIpc) is 2.51. The fraction of sp³-hybridized carbons (Fsp3) is 0.471. The number of hydrogen-bond donors (Lipinski definition) is 2. The van der Waals surface area contributed by atoms with Gasteiger partial charge >= 0.3 is 18.2 Å². The molecule has 0 spiro atoms. The van der Waals surface area contributed by atoms with Gasteiger partial charge in [-0.1, -0.05) is 30.3 Å². The van der Waals surface area contributed by atoms with Crippen LogP contribution < -0.4 is 5.43 Å². The molecule has 0 bridgehead atoms. The van der Waals surface area contributed by atoms with Gasteiger partial charge in [0.05, 0.1) is 12.2 Å². The molecule has 0 aliphatic rings. The number of aliphatic carboxylic acids is 1. The van der Waals surface area contributed by atoms with Gasteiger partial charge in [0.15, 0.2) is 5.54 Å². The van der Waals surface area contributed by atoms with Crippen LogP contribution in [0.15, 0.2) is 30.3 Å². The van der Waals surface area contributed by atoms with Gasteiger partial charge in [0, 0.05) is 0 Å². The zero-order valence-electron chi connectivity index (χ0n) is 15.0. The summed E-state index contributed by atoms with van der Waals surface area (Å²) in [5.41, 5.74) is 0.576. The normalized spacial score (nSPS) is 13.1. The van der Waals surface area contributed by atoms with Gasteiger partial charge in [-0.05, 0) is 40.2 Å². The summed E-state index contributed by atoms with van der Waals surface area (Å²) >= 11 is 0. The van der Waals surface area contributed by atoms with Crippen molar-refractivity contribution in [2.45, 2.75) is 52.4 Å². The molecule has 8 nitrogen and oxygen atoms in total. The second kappa shape index (κ2) is 8.36. The lowest BCUT2D eigenvalue weighted by Gasteiger charge is -2.37. The van der Waals surface area contributed by atoms with E-state index < -0.39 is 35.9 Å². The predicted octanol–water partition coefficient (Wildman–Crippen LogP) is 2.88. The van der Waals surface area contributed by atoms with Gasteiger partial charge < -0.3 is 14.6 Å². The molecule has 2 N–H and O–H groups in total. The summed E-state index contributed by atoms with van der Waals surface area (Å²) in [4.78, 5) is 36.5. The molecular weight excluding hydrogens is 328 g/mol. The van der Waals surface area contributed by atoms with Crippen molar-refractivity contribution in [3.63, 3.8) is 0 Å². The number of carboxylic acid groups (broad SMARTS) is 1. The maximum atomic E-state index is 12.5. The Morgan fingerprint density at radius 2 is 1.56 bits per heavy atom. The van der Waals surface area contributed by atoms with Crippen molar-refractivity contribution in [3.05, 3.63) is 35.9 Å². The number of amides is 2. The standard InChI is InChI=1S/C17H24N2O6/c1-11(2)24-15(22)18-19(16(23)25-12(3)4)17(5,14(20)21)13-9-7-6-8-10-13/h6-12H,1-5H3,(H,18,22)(H,20,21). The number of carbonyl (C=O) groups excluding carboxylic acids is 2. The molecular formula is C17H24N2O6. The van der Waals surface area contributed by atoms with Crippen LogP contribution >= 0.6 is 0 Å². The third kappa shape index (κ3) is 5.10. The van der Waals surface area contributed by atoms with Crippen LogP contribution in [0.5, 0.6) is 0 Å². The summed E-state index contributed by atoms with van der Waals surface area (Å²) in [5.74, 6) is -1.34. The third-order valence-electron chi connectivity index (χ3n) is 3.26. The number of rotatable bonds is 5. The Morgan fingerprint density at radius 3 is 2.00 bits per heavy atom. The van der Waals surface area contributed by atoms with E-state index in [4.69, 9.17) is 9.47 Å². The summed E-state index contributed by atoms with van der Waals surface area (Å²) in [6.07, 6.45) is -2.92.